The van der Waals surface area contributed by atoms with Crippen LogP contribution in [0.5, 0.6) is 0 Å². The van der Waals surface area contributed by atoms with Gasteiger partial charge in [-0.15, -0.1) is 0 Å². The minimum absolute atomic E-state index is 0.249. The molecule has 0 saturated carbocycles. The molecule has 0 spiro atoms. The van der Waals surface area contributed by atoms with E-state index < -0.39 is 0 Å². The van der Waals surface area contributed by atoms with Crippen molar-refractivity contribution in [1.82, 2.24) is 15.5 Å². The molecule has 2 aliphatic heterocycles. The lowest BCUT2D eigenvalue weighted by molar-refractivity contribution is 0.150. The van der Waals surface area contributed by atoms with Crippen LogP contribution in [-0.2, 0) is 11.2 Å². The third-order valence-electron chi connectivity index (χ3n) is 6.59. The van der Waals surface area contributed by atoms with Gasteiger partial charge in [-0.2, -0.15) is 0 Å². The second-order valence-corrected chi connectivity index (χ2v) is 9.88. The number of hydrogen-bond acceptors (Lipinski definition) is 3. The summed E-state index contributed by atoms with van der Waals surface area (Å²) in [5, 5.41) is 7.25. The molecule has 2 N–H and O–H groups in total. The van der Waals surface area contributed by atoms with Crippen molar-refractivity contribution in [3.63, 3.8) is 0 Å². The van der Waals surface area contributed by atoms with Crippen LogP contribution in [0.4, 0.5) is 0 Å². The van der Waals surface area contributed by atoms with Gasteiger partial charge in [-0.25, -0.2) is 0 Å². The van der Waals surface area contributed by atoms with Crippen LogP contribution in [0.3, 0.4) is 0 Å². The van der Waals surface area contributed by atoms with Crippen LogP contribution in [0, 0.1) is 11.3 Å². The fourth-order valence-electron chi connectivity index (χ4n) is 4.57. The zero-order valence-electron chi connectivity index (χ0n) is 19.3. The molecule has 1 aromatic carbocycles. The maximum Gasteiger partial charge on any atom is 0.191 e. The van der Waals surface area contributed by atoms with E-state index in [2.05, 4.69) is 64.7 Å². The molecule has 2 fully saturated rings. The Hall–Kier alpha value is -1.59. The lowest BCUT2D eigenvalue weighted by Crippen LogP contribution is -2.50. The first-order valence-corrected chi connectivity index (χ1v) is 11.9. The molecule has 1 unspecified atom stereocenters. The van der Waals surface area contributed by atoms with Crippen molar-refractivity contribution in [2.45, 2.75) is 58.4 Å². The topological polar surface area (TPSA) is 48.9 Å². The monoisotopic (exact) mass is 414 g/mol. The number of piperidine rings is 1. The Morgan fingerprint density at radius 1 is 1.17 bits per heavy atom. The summed E-state index contributed by atoms with van der Waals surface area (Å²) < 4.78 is 5.53. The van der Waals surface area contributed by atoms with Gasteiger partial charge in [0.1, 0.15) is 0 Å². The van der Waals surface area contributed by atoms with Gasteiger partial charge < -0.3 is 20.3 Å². The van der Waals surface area contributed by atoms with E-state index in [-0.39, 0.29) is 5.41 Å². The maximum atomic E-state index is 5.53. The maximum absolute atomic E-state index is 5.53. The summed E-state index contributed by atoms with van der Waals surface area (Å²) in [7, 11) is 1.88. The van der Waals surface area contributed by atoms with E-state index in [1.165, 1.54) is 57.3 Å². The quantitative estimate of drug-likeness (QED) is 0.478. The molecular formula is C25H42N4O. The summed E-state index contributed by atoms with van der Waals surface area (Å²) in [4.78, 5) is 7.09. The Morgan fingerprint density at radius 2 is 1.93 bits per heavy atom. The zero-order chi connectivity index (χ0) is 21.2. The van der Waals surface area contributed by atoms with Gasteiger partial charge in [-0.1, -0.05) is 44.2 Å². The molecule has 2 saturated heterocycles. The molecule has 0 aromatic heterocycles. The standard InChI is InChI=1S/C25H42N4O/c1-25(2,14-7-10-21-8-5-4-6-9-21)20-27-24(26-3)28-23-11-15-29(16-12-23)18-22-13-17-30-19-22/h4-6,8-9,22-23H,7,10-20H2,1-3H3,(H2,26,27,28). The third-order valence-corrected chi connectivity index (χ3v) is 6.59. The molecule has 1 aromatic rings. The van der Waals surface area contributed by atoms with E-state index in [9.17, 15) is 0 Å². The number of aryl methyl sites for hydroxylation is 1. The number of guanidine groups is 1. The van der Waals surface area contributed by atoms with E-state index in [0.717, 1.165) is 38.1 Å². The molecular weight excluding hydrogens is 372 g/mol. The predicted octanol–water partition coefficient (Wildman–Crippen LogP) is 3.70. The van der Waals surface area contributed by atoms with Gasteiger partial charge in [0.15, 0.2) is 5.96 Å². The van der Waals surface area contributed by atoms with E-state index >= 15 is 0 Å². The van der Waals surface area contributed by atoms with Gasteiger partial charge in [0.05, 0.1) is 6.61 Å². The Bertz CT molecular complexity index is 632. The van der Waals surface area contributed by atoms with Crippen molar-refractivity contribution >= 4 is 5.96 Å². The first-order valence-electron chi connectivity index (χ1n) is 11.9. The zero-order valence-corrected chi connectivity index (χ0v) is 19.3. The van der Waals surface area contributed by atoms with E-state index in [1.54, 1.807) is 0 Å². The highest BCUT2D eigenvalue weighted by Crippen LogP contribution is 2.23. The molecule has 5 nitrogen and oxygen atoms in total. The van der Waals surface area contributed by atoms with Crippen LogP contribution in [0.2, 0.25) is 0 Å². The molecule has 2 aliphatic rings. The molecule has 30 heavy (non-hydrogen) atoms. The minimum Gasteiger partial charge on any atom is -0.381 e. The normalized spacial score (nSPS) is 21.7. The van der Waals surface area contributed by atoms with Crippen LogP contribution < -0.4 is 10.6 Å². The second kappa shape index (κ2) is 11.7. The summed E-state index contributed by atoms with van der Waals surface area (Å²) in [5.41, 5.74) is 1.68. The Balaban J connectivity index is 1.32. The van der Waals surface area contributed by atoms with E-state index in [0.29, 0.717) is 6.04 Å². The van der Waals surface area contributed by atoms with E-state index in [1.807, 2.05) is 7.05 Å². The third kappa shape index (κ3) is 7.92. The first kappa shape index (κ1) is 23.1. The number of nitrogens with one attached hydrogen (secondary N) is 2. The molecule has 168 valence electrons. The first-order chi connectivity index (χ1) is 14.5. The van der Waals surface area contributed by atoms with Crippen molar-refractivity contribution < 1.29 is 4.74 Å². The Labute approximate surface area is 183 Å². The average molecular weight is 415 g/mol. The Kier molecular flexibility index (Phi) is 9.01. The minimum atomic E-state index is 0.249. The van der Waals surface area contributed by atoms with Crippen molar-refractivity contribution in [3.05, 3.63) is 35.9 Å². The van der Waals surface area contributed by atoms with Gasteiger partial charge >= 0.3 is 0 Å². The highest BCUT2D eigenvalue weighted by molar-refractivity contribution is 5.80. The van der Waals surface area contributed by atoms with Gasteiger partial charge in [0, 0.05) is 45.9 Å². The van der Waals surface area contributed by atoms with E-state index in [4.69, 9.17) is 4.74 Å². The van der Waals surface area contributed by atoms with Gasteiger partial charge in [-0.3, -0.25) is 4.99 Å². The summed E-state index contributed by atoms with van der Waals surface area (Å²) in [6, 6.07) is 11.3. The molecule has 2 heterocycles. The number of benzene rings is 1. The molecule has 0 radical (unpaired) electrons. The number of nitrogens with zero attached hydrogens (tertiary/aromatic N) is 2. The highest BCUT2D eigenvalue weighted by Gasteiger charge is 2.25. The van der Waals surface area contributed by atoms with Crippen LogP contribution >= 0.6 is 0 Å². The summed E-state index contributed by atoms with van der Waals surface area (Å²) in [6.45, 7) is 11.1. The summed E-state index contributed by atoms with van der Waals surface area (Å²) in [6.07, 6.45) is 7.19. The average Bonchev–Trinajstić information content (AvgIpc) is 3.26. The highest BCUT2D eigenvalue weighted by atomic mass is 16.5. The number of ether oxygens (including phenoxy) is 1. The van der Waals surface area contributed by atoms with Crippen LogP contribution in [0.15, 0.2) is 35.3 Å². The fourth-order valence-corrected chi connectivity index (χ4v) is 4.57. The SMILES string of the molecule is CN=C(NCC(C)(C)CCCc1ccccc1)NC1CCN(CC2CCOC2)CC1. The number of aliphatic imine (C=N–C) groups is 1. The predicted molar refractivity (Wildman–Crippen MR) is 126 cm³/mol. The molecule has 5 heteroatoms. The summed E-state index contributed by atoms with van der Waals surface area (Å²) >= 11 is 0. The number of likely N-dealkylation sites (tertiary alicyclic amines) is 1. The lowest BCUT2D eigenvalue weighted by Gasteiger charge is -2.34. The number of hydrogen-bond donors (Lipinski definition) is 2. The van der Waals surface area contributed by atoms with Crippen molar-refractivity contribution in [2.24, 2.45) is 16.3 Å². The van der Waals surface area contributed by atoms with Gasteiger partial charge in [0.2, 0.25) is 0 Å². The van der Waals surface area contributed by atoms with Crippen molar-refractivity contribution in [2.75, 3.05) is 46.4 Å². The van der Waals surface area contributed by atoms with Crippen LogP contribution in [0.25, 0.3) is 0 Å². The molecule has 1 atom stereocenters. The smallest absolute Gasteiger partial charge is 0.191 e. The lowest BCUT2D eigenvalue weighted by atomic mass is 9.86. The van der Waals surface area contributed by atoms with Crippen molar-refractivity contribution in [1.29, 1.82) is 0 Å². The van der Waals surface area contributed by atoms with Gasteiger partial charge in [0.25, 0.3) is 0 Å². The summed E-state index contributed by atoms with van der Waals surface area (Å²) in [5.74, 6) is 1.70. The largest absolute Gasteiger partial charge is 0.381 e. The molecule has 0 amide bonds. The Morgan fingerprint density at radius 3 is 2.60 bits per heavy atom. The molecule has 0 bridgehead atoms. The van der Waals surface area contributed by atoms with Crippen LogP contribution in [-0.4, -0.2) is 63.3 Å². The van der Waals surface area contributed by atoms with Crippen molar-refractivity contribution in [3.8, 4) is 0 Å². The molecule has 0 aliphatic carbocycles. The number of rotatable bonds is 9. The van der Waals surface area contributed by atoms with Gasteiger partial charge in [-0.05, 0) is 55.4 Å². The second-order valence-electron chi connectivity index (χ2n) is 9.88. The van der Waals surface area contributed by atoms with Crippen LogP contribution in [0.1, 0.15) is 51.5 Å². The fraction of sp³-hybridized carbons (Fsp3) is 0.720. The molecule has 3 rings (SSSR count).